The zero-order chi connectivity index (χ0) is 27.8. The number of benzene rings is 1. The molecule has 3 amide bonds. The summed E-state index contributed by atoms with van der Waals surface area (Å²) in [5, 5.41) is 15.7. The van der Waals surface area contributed by atoms with Gasteiger partial charge in [-0.1, -0.05) is 45.7 Å². The Morgan fingerprint density at radius 3 is 1.97 bits per heavy atom. The van der Waals surface area contributed by atoms with E-state index >= 15 is 0 Å². The topological polar surface area (TPSA) is 108 Å². The monoisotopic (exact) mass is 505 g/mol. The molecule has 8 heteroatoms. The molecule has 0 aliphatic carbocycles. The van der Waals surface area contributed by atoms with Crippen molar-refractivity contribution in [1.82, 2.24) is 15.5 Å². The fraction of sp³-hybridized carbons (Fsp3) is 0.679. The zero-order valence-corrected chi connectivity index (χ0v) is 23.8. The number of hydrogen-bond donors (Lipinski definition) is 3. The summed E-state index contributed by atoms with van der Waals surface area (Å²) in [6.45, 7) is 18.7. The average Bonchev–Trinajstić information content (AvgIpc) is 2.73. The summed E-state index contributed by atoms with van der Waals surface area (Å²) in [7, 11) is 0. The molecule has 4 unspecified atom stereocenters. The lowest BCUT2D eigenvalue weighted by atomic mass is 9.91. The molecule has 1 aromatic carbocycles. The lowest BCUT2D eigenvalue weighted by Gasteiger charge is -2.44. The second-order valence-corrected chi connectivity index (χ2v) is 11.6. The molecule has 0 fully saturated rings. The Hall–Kier alpha value is -2.77. The van der Waals surface area contributed by atoms with Crippen LogP contribution in [0.3, 0.4) is 0 Å². The Morgan fingerprint density at radius 2 is 1.53 bits per heavy atom. The lowest BCUT2D eigenvalue weighted by molar-refractivity contribution is -0.149. The molecule has 0 saturated heterocycles. The van der Waals surface area contributed by atoms with Gasteiger partial charge in [-0.15, -0.1) is 0 Å². The number of alkyl carbamates (subject to hydrolysis) is 1. The fourth-order valence-electron chi connectivity index (χ4n) is 4.01. The van der Waals surface area contributed by atoms with Crippen molar-refractivity contribution < 1.29 is 24.2 Å². The average molecular weight is 506 g/mol. The van der Waals surface area contributed by atoms with Gasteiger partial charge >= 0.3 is 6.09 Å². The molecule has 3 N–H and O–H groups in total. The first kappa shape index (κ1) is 31.3. The molecule has 204 valence electrons. The van der Waals surface area contributed by atoms with E-state index in [1.54, 1.807) is 37.8 Å². The number of amides is 3. The first-order valence-electron chi connectivity index (χ1n) is 12.9. The first-order chi connectivity index (χ1) is 16.5. The maximum Gasteiger partial charge on any atom is 0.408 e. The standard InChI is InChI=1S/C28H47N3O5/c1-11-13-19(4)29-24(33)23(20-14-16-21(32)17-15-20)31(27(5,6)7)25(34)22(18(3)12-2)30-26(35)36-28(8,9)10/h14-19,22-23,32H,11-13H2,1-10H3,(H,29,33)(H,30,35). The van der Waals surface area contributed by atoms with Gasteiger partial charge in [-0.25, -0.2) is 4.79 Å². The third-order valence-corrected chi connectivity index (χ3v) is 5.94. The molecule has 0 aliphatic heterocycles. The van der Waals surface area contributed by atoms with Crippen molar-refractivity contribution in [2.75, 3.05) is 0 Å². The minimum absolute atomic E-state index is 0.0648. The highest BCUT2D eigenvalue weighted by Gasteiger charge is 2.43. The minimum atomic E-state index is -0.968. The molecule has 0 radical (unpaired) electrons. The van der Waals surface area contributed by atoms with Crippen molar-refractivity contribution in [2.45, 2.75) is 118 Å². The Balaban J connectivity index is 3.58. The van der Waals surface area contributed by atoms with E-state index in [0.29, 0.717) is 12.0 Å². The number of phenols is 1. The van der Waals surface area contributed by atoms with Gasteiger partial charge in [0.2, 0.25) is 11.8 Å². The number of hydrogen-bond acceptors (Lipinski definition) is 5. The van der Waals surface area contributed by atoms with E-state index in [-0.39, 0.29) is 29.5 Å². The van der Waals surface area contributed by atoms with Gasteiger partial charge in [0.15, 0.2) is 0 Å². The van der Waals surface area contributed by atoms with Gasteiger partial charge in [0.1, 0.15) is 23.4 Å². The van der Waals surface area contributed by atoms with Crippen LogP contribution in [0.2, 0.25) is 0 Å². The zero-order valence-electron chi connectivity index (χ0n) is 23.8. The highest BCUT2D eigenvalue weighted by atomic mass is 16.6. The van der Waals surface area contributed by atoms with Crippen LogP contribution in [0.5, 0.6) is 5.75 Å². The van der Waals surface area contributed by atoms with Crippen molar-refractivity contribution in [1.29, 1.82) is 0 Å². The van der Waals surface area contributed by atoms with Crippen LogP contribution in [0, 0.1) is 5.92 Å². The predicted molar refractivity (Wildman–Crippen MR) is 143 cm³/mol. The maximum absolute atomic E-state index is 14.2. The summed E-state index contributed by atoms with van der Waals surface area (Å²) in [5.41, 5.74) is -0.926. The number of carbonyl (C=O) groups excluding carboxylic acids is 3. The minimum Gasteiger partial charge on any atom is -0.508 e. The molecule has 0 aliphatic rings. The maximum atomic E-state index is 14.2. The van der Waals surface area contributed by atoms with Crippen LogP contribution in [0.25, 0.3) is 0 Å². The van der Waals surface area contributed by atoms with E-state index in [1.165, 1.54) is 12.1 Å². The van der Waals surface area contributed by atoms with Crippen LogP contribution in [0.1, 0.15) is 100 Å². The van der Waals surface area contributed by atoms with Gasteiger partial charge < -0.3 is 25.4 Å². The summed E-state index contributed by atoms with van der Waals surface area (Å²) in [4.78, 5) is 42.1. The highest BCUT2D eigenvalue weighted by Crippen LogP contribution is 2.32. The molecule has 0 bridgehead atoms. The summed E-state index contributed by atoms with van der Waals surface area (Å²) >= 11 is 0. The van der Waals surface area contributed by atoms with Gasteiger partial charge in [0.05, 0.1) is 0 Å². The van der Waals surface area contributed by atoms with Gasteiger partial charge in [0, 0.05) is 11.6 Å². The largest absolute Gasteiger partial charge is 0.508 e. The van der Waals surface area contributed by atoms with Gasteiger partial charge in [-0.3, -0.25) is 9.59 Å². The van der Waals surface area contributed by atoms with E-state index in [1.807, 2.05) is 48.5 Å². The van der Waals surface area contributed by atoms with E-state index in [4.69, 9.17) is 4.74 Å². The van der Waals surface area contributed by atoms with E-state index in [0.717, 1.165) is 12.8 Å². The first-order valence-corrected chi connectivity index (χ1v) is 12.9. The van der Waals surface area contributed by atoms with Crippen LogP contribution in [-0.4, -0.2) is 51.1 Å². The van der Waals surface area contributed by atoms with Crippen LogP contribution in [-0.2, 0) is 14.3 Å². The summed E-state index contributed by atoms with van der Waals surface area (Å²) < 4.78 is 5.44. The van der Waals surface area contributed by atoms with Crippen molar-refractivity contribution in [2.24, 2.45) is 5.92 Å². The molecule has 0 saturated carbocycles. The smallest absolute Gasteiger partial charge is 0.408 e. The molecule has 1 rings (SSSR count). The van der Waals surface area contributed by atoms with Crippen LogP contribution >= 0.6 is 0 Å². The molecule has 8 nitrogen and oxygen atoms in total. The normalized spacial score (nSPS) is 15.3. The molecule has 1 aromatic rings. The molecule has 0 aromatic heterocycles. The number of nitrogens with zero attached hydrogens (tertiary/aromatic N) is 1. The number of phenolic OH excluding ortho intramolecular Hbond substituents is 1. The lowest BCUT2D eigenvalue weighted by Crippen LogP contribution is -2.60. The fourth-order valence-corrected chi connectivity index (χ4v) is 4.01. The summed E-state index contributed by atoms with van der Waals surface area (Å²) in [6.07, 6.45) is 1.65. The molecular formula is C28H47N3O5. The number of rotatable bonds is 10. The highest BCUT2D eigenvalue weighted by molar-refractivity contribution is 5.93. The van der Waals surface area contributed by atoms with Gasteiger partial charge in [0.25, 0.3) is 0 Å². The van der Waals surface area contributed by atoms with E-state index in [9.17, 15) is 19.5 Å². The Bertz CT molecular complexity index is 871. The second-order valence-electron chi connectivity index (χ2n) is 11.6. The van der Waals surface area contributed by atoms with Crippen molar-refractivity contribution in [3.05, 3.63) is 29.8 Å². The van der Waals surface area contributed by atoms with Crippen molar-refractivity contribution >= 4 is 17.9 Å². The van der Waals surface area contributed by atoms with Crippen molar-refractivity contribution in [3.8, 4) is 5.75 Å². The van der Waals surface area contributed by atoms with Gasteiger partial charge in [-0.05, 0) is 78.5 Å². The predicted octanol–water partition coefficient (Wildman–Crippen LogP) is 5.30. The van der Waals surface area contributed by atoms with Gasteiger partial charge in [-0.2, -0.15) is 0 Å². The number of aromatic hydroxyl groups is 1. The Labute approximate surface area is 217 Å². The van der Waals surface area contributed by atoms with Crippen LogP contribution < -0.4 is 10.6 Å². The molecule has 0 heterocycles. The van der Waals surface area contributed by atoms with Crippen LogP contribution in [0.15, 0.2) is 24.3 Å². The molecule has 36 heavy (non-hydrogen) atoms. The number of carbonyl (C=O) groups is 3. The molecule has 4 atom stereocenters. The number of ether oxygens (including phenoxy) is 1. The molecule has 0 spiro atoms. The summed E-state index contributed by atoms with van der Waals surface area (Å²) in [5.74, 6) is -0.837. The second kappa shape index (κ2) is 13.0. The third kappa shape index (κ3) is 9.36. The van der Waals surface area contributed by atoms with Crippen molar-refractivity contribution in [3.63, 3.8) is 0 Å². The Morgan fingerprint density at radius 1 is 0.972 bits per heavy atom. The third-order valence-electron chi connectivity index (χ3n) is 5.94. The van der Waals surface area contributed by atoms with E-state index < -0.39 is 29.3 Å². The number of nitrogens with one attached hydrogen (secondary N) is 2. The Kier molecular flexibility index (Phi) is 11.3. The quantitative estimate of drug-likeness (QED) is 0.400. The summed E-state index contributed by atoms with van der Waals surface area (Å²) in [6, 6.07) is 4.35. The SMILES string of the molecule is CCCC(C)NC(=O)C(c1ccc(O)cc1)N(C(=O)C(NC(=O)OC(C)(C)C)C(C)CC)C(C)(C)C. The van der Waals surface area contributed by atoms with Crippen LogP contribution in [0.4, 0.5) is 4.79 Å². The molecular weight excluding hydrogens is 458 g/mol. The van der Waals surface area contributed by atoms with E-state index in [2.05, 4.69) is 10.6 Å².